The summed E-state index contributed by atoms with van der Waals surface area (Å²) in [6.07, 6.45) is 6.83. The fraction of sp³-hybridized carbons (Fsp3) is 0.619. The lowest BCUT2D eigenvalue weighted by Crippen LogP contribution is -2.37. The zero-order chi connectivity index (χ0) is 18.9. The maximum absolute atomic E-state index is 12.1. The maximum Gasteiger partial charge on any atom is 0.227 e. The number of hydrogen-bond acceptors (Lipinski definition) is 3. The molecule has 3 N–H and O–H groups in total. The van der Waals surface area contributed by atoms with Gasteiger partial charge in [-0.3, -0.25) is 9.79 Å². The third kappa shape index (κ3) is 6.86. The molecule has 2 aliphatic carbocycles. The van der Waals surface area contributed by atoms with Gasteiger partial charge in [-0.1, -0.05) is 18.6 Å². The molecule has 0 heterocycles. The van der Waals surface area contributed by atoms with E-state index >= 15 is 0 Å². The van der Waals surface area contributed by atoms with E-state index in [0.29, 0.717) is 6.54 Å². The molecule has 2 saturated carbocycles. The summed E-state index contributed by atoms with van der Waals surface area (Å²) in [5.41, 5.74) is 1.97. The number of amides is 1. The van der Waals surface area contributed by atoms with E-state index in [1.807, 2.05) is 24.3 Å². The van der Waals surface area contributed by atoms with Crippen LogP contribution in [0.3, 0.4) is 0 Å². The summed E-state index contributed by atoms with van der Waals surface area (Å²) in [6.45, 7) is 3.21. The molecule has 2 aliphatic rings. The minimum Gasteiger partial charge on any atom is -0.381 e. The zero-order valence-corrected chi connectivity index (χ0v) is 16.3. The fourth-order valence-electron chi connectivity index (χ4n) is 3.00. The Balaban J connectivity index is 1.34. The quantitative estimate of drug-likeness (QED) is 0.335. The average Bonchev–Trinajstić information content (AvgIpc) is 3.43. The Kier molecular flexibility index (Phi) is 7.51. The highest BCUT2D eigenvalue weighted by atomic mass is 16.5. The number of guanidine groups is 1. The molecule has 0 saturated heterocycles. The second-order valence-electron chi connectivity index (χ2n) is 7.54. The summed E-state index contributed by atoms with van der Waals surface area (Å²) in [6, 6.07) is 7.98. The van der Waals surface area contributed by atoms with Gasteiger partial charge in [-0.05, 0) is 55.7 Å². The Morgan fingerprint density at radius 1 is 1.22 bits per heavy atom. The number of ether oxygens (including phenoxy) is 1. The SMILES string of the molecule is CN=C(NCCCOCC1CC1)NCc1cccc(NC(=O)C2CCC2)c1. The lowest BCUT2D eigenvalue weighted by Gasteiger charge is -2.24. The standard InChI is InChI=1S/C21H32N4O2/c1-22-21(23-11-4-12-27-15-16-9-10-16)24-14-17-5-2-8-19(13-17)25-20(26)18-6-3-7-18/h2,5,8,13,16,18H,3-4,6-7,9-12,14-15H2,1H3,(H,25,26)(H2,22,23,24). The molecule has 0 bridgehead atoms. The van der Waals surface area contributed by atoms with Crippen molar-refractivity contribution in [2.45, 2.75) is 45.1 Å². The molecule has 0 radical (unpaired) electrons. The number of nitrogens with zero attached hydrogens (tertiary/aromatic N) is 1. The highest BCUT2D eigenvalue weighted by Crippen LogP contribution is 2.29. The minimum absolute atomic E-state index is 0.146. The van der Waals surface area contributed by atoms with Gasteiger partial charge in [0.15, 0.2) is 5.96 Å². The Bertz CT molecular complexity index is 639. The van der Waals surface area contributed by atoms with Crippen LogP contribution in [0.2, 0.25) is 0 Å². The molecule has 6 heteroatoms. The number of aliphatic imine (C=N–C) groups is 1. The van der Waals surface area contributed by atoms with Gasteiger partial charge in [-0.2, -0.15) is 0 Å². The Hall–Kier alpha value is -2.08. The number of carbonyl (C=O) groups excluding carboxylic acids is 1. The Morgan fingerprint density at radius 3 is 2.78 bits per heavy atom. The van der Waals surface area contributed by atoms with E-state index in [0.717, 1.165) is 62.1 Å². The number of carbonyl (C=O) groups is 1. The van der Waals surface area contributed by atoms with E-state index in [1.165, 1.54) is 19.3 Å². The Labute approximate surface area is 162 Å². The van der Waals surface area contributed by atoms with Gasteiger partial charge in [0, 0.05) is 45.0 Å². The summed E-state index contributed by atoms with van der Waals surface area (Å²) in [4.78, 5) is 16.3. The molecule has 1 aromatic rings. The van der Waals surface area contributed by atoms with Crippen molar-refractivity contribution in [1.29, 1.82) is 0 Å². The highest BCUT2D eigenvalue weighted by Gasteiger charge is 2.25. The number of rotatable bonds is 10. The summed E-state index contributed by atoms with van der Waals surface area (Å²) >= 11 is 0. The highest BCUT2D eigenvalue weighted by molar-refractivity contribution is 5.93. The molecule has 0 aliphatic heterocycles. The topological polar surface area (TPSA) is 74.8 Å². The molecule has 0 unspecified atom stereocenters. The van der Waals surface area contributed by atoms with Gasteiger partial charge in [0.25, 0.3) is 0 Å². The second kappa shape index (κ2) is 10.3. The van der Waals surface area contributed by atoms with Crippen LogP contribution in [-0.4, -0.2) is 38.7 Å². The van der Waals surface area contributed by atoms with Crippen molar-refractivity contribution in [2.24, 2.45) is 16.8 Å². The van der Waals surface area contributed by atoms with Crippen LogP contribution in [0.4, 0.5) is 5.69 Å². The molecule has 1 amide bonds. The molecule has 6 nitrogen and oxygen atoms in total. The maximum atomic E-state index is 12.1. The van der Waals surface area contributed by atoms with Gasteiger partial charge in [-0.25, -0.2) is 0 Å². The fourth-order valence-corrected chi connectivity index (χ4v) is 3.00. The summed E-state index contributed by atoms with van der Waals surface area (Å²) in [7, 11) is 1.77. The lowest BCUT2D eigenvalue weighted by molar-refractivity contribution is -0.122. The smallest absolute Gasteiger partial charge is 0.227 e. The predicted molar refractivity (Wildman–Crippen MR) is 109 cm³/mol. The Morgan fingerprint density at radius 2 is 2.07 bits per heavy atom. The summed E-state index contributed by atoms with van der Waals surface area (Å²) < 4.78 is 5.64. The van der Waals surface area contributed by atoms with Crippen LogP contribution in [0.1, 0.15) is 44.1 Å². The first kappa shape index (κ1) is 19.7. The third-order valence-electron chi connectivity index (χ3n) is 5.16. The molecule has 0 atom stereocenters. The van der Waals surface area contributed by atoms with Crippen LogP contribution in [0.5, 0.6) is 0 Å². The average molecular weight is 373 g/mol. The predicted octanol–water partition coefficient (Wildman–Crippen LogP) is 2.91. The number of nitrogens with one attached hydrogen (secondary N) is 3. The zero-order valence-electron chi connectivity index (χ0n) is 16.3. The molecule has 148 valence electrons. The molecule has 0 aromatic heterocycles. The van der Waals surface area contributed by atoms with Crippen LogP contribution in [-0.2, 0) is 16.1 Å². The monoisotopic (exact) mass is 372 g/mol. The molecule has 27 heavy (non-hydrogen) atoms. The van der Waals surface area contributed by atoms with Crippen molar-refractivity contribution in [2.75, 3.05) is 32.1 Å². The van der Waals surface area contributed by atoms with Crippen molar-refractivity contribution in [3.05, 3.63) is 29.8 Å². The van der Waals surface area contributed by atoms with Crippen molar-refractivity contribution < 1.29 is 9.53 Å². The molecule has 0 spiro atoms. The molecule has 1 aromatic carbocycles. The van der Waals surface area contributed by atoms with Crippen molar-refractivity contribution in [3.63, 3.8) is 0 Å². The van der Waals surface area contributed by atoms with Crippen LogP contribution >= 0.6 is 0 Å². The van der Waals surface area contributed by atoms with E-state index in [1.54, 1.807) is 7.05 Å². The van der Waals surface area contributed by atoms with Crippen LogP contribution in [0.15, 0.2) is 29.3 Å². The number of anilines is 1. The van der Waals surface area contributed by atoms with Crippen molar-refractivity contribution >= 4 is 17.6 Å². The molecular weight excluding hydrogens is 340 g/mol. The van der Waals surface area contributed by atoms with E-state index in [2.05, 4.69) is 20.9 Å². The first-order valence-corrected chi connectivity index (χ1v) is 10.2. The van der Waals surface area contributed by atoms with E-state index in [-0.39, 0.29) is 11.8 Å². The van der Waals surface area contributed by atoms with Crippen LogP contribution in [0.25, 0.3) is 0 Å². The summed E-state index contributed by atoms with van der Waals surface area (Å²) in [5, 5.41) is 9.65. The van der Waals surface area contributed by atoms with Gasteiger partial charge in [0.1, 0.15) is 0 Å². The first-order chi connectivity index (χ1) is 13.2. The largest absolute Gasteiger partial charge is 0.381 e. The van der Waals surface area contributed by atoms with E-state index < -0.39 is 0 Å². The summed E-state index contributed by atoms with van der Waals surface area (Å²) in [5.74, 6) is 1.94. The second-order valence-corrected chi connectivity index (χ2v) is 7.54. The number of hydrogen-bond donors (Lipinski definition) is 3. The minimum atomic E-state index is 0.146. The third-order valence-corrected chi connectivity index (χ3v) is 5.16. The van der Waals surface area contributed by atoms with Gasteiger partial charge in [0.05, 0.1) is 0 Å². The van der Waals surface area contributed by atoms with Gasteiger partial charge >= 0.3 is 0 Å². The van der Waals surface area contributed by atoms with Crippen LogP contribution in [0, 0.1) is 11.8 Å². The van der Waals surface area contributed by atoms with Gasteiger partial charge < -0.3 is 20.7 Å². The van der Waals surface area contributed by atoms with Crippen LogP contribution < -0.4 is 16.0 Å². The number of benzene rings is 1. The van der Waals surface area contributed by atoms with E-state index in [9.17, 15) is 4.79 Å². The molecule has 2 fully saturated rings. The molecular formula is C21H32N4O2. The van der Waals surface area contributed by atoms with E-state index in [4.69, 9.17) is 4.74 Å². The van der Waals surface area contributed by atoms with Crippen molar-refractivity contribution in [3.8, 4) is 0 Å². The van der Waals surface area contributed by atoms with Gasteiger partial charge in [0.2, 0.25) is 5.91 Å². The lowest BCUT2D eigenvalue weighted by atomic mass is 9.85. The van der Waals surface area contributed by atoms with Gasteiger partial charge in [-0.15, -0.1) is 0 Å². The first-order valence-electron chi connectivity index (χ1n) is 10.2. The normalized spacial score (nSPS) is 17.3. The molecule has 3 rings (SSSR count). The van der Waals surface area contributed by atoms with Crippen molar-refractivity contribution in [1.82, 2.24) is 10.6 Å².